The number of nitrogens with zero attached hydrogens (tertiary/aromatic N) is 1. The molecular weight excluding hydrogens is 368 g/mol. The van der Waals surface area contributed by atoms with Crippen LogP contribution in [0.25, 0.3) is 0 Å². The molecular formula is C15H16Br2N2. The van der Waals surface area contributed by atoms with Crippen LogP contribution in [0.4, 0.5) is 5.69 Å². The lowest BCUT2D eigenvalue weighted by Crippen LogP contribution is -2.17. The number of halogens is 2. The molecule has 0 heterocycles. The van der Waals surface area contributed by atoms with E-state index < -0.39 is 0 Å². The van der Waals surface area contributed by atoms with Gasteiger partial charge in [-0.15, -0.1) is 0 Å². The van der Waals surface area contributed by atoms with E-state index in [-0.39, 0.29) is 0 Å². The van der Waals surface area contributed by atoms with E-state index >= 15 is 0 Å². The van der Waals surface area contributed by atoms with E-state index in [9.17, 15) is 0 Å². The van der Waals surface area contributed by atoms with Gasteiger partial charge in [0, 0.05) is 27.7 Å². The fourth-order valence-corrected chi connectivity index (χ4v) is 2.47. The Morgan fingerprint density at radius 3 is 2.16 bits per heavy atom. The third-order valence-corrected chi connectivity index (χ3v) is 4.13. The van der Waals surface area contributed by atoms with Crippen LogP contribution in [0.1, 0.15) is 11.1 Å². The number of anilines is 1. The summed E-state index contributed by atoms with van der Waals surface area (Å²) in [5, 5.41) is 0. The van der Waals surface area contributed by atoms with E-state index in [1.54, 1.807) is 0 Å². The number of nitrogen functional groups attached to an aromatic ring is 1. The van der Waals surface area contributed by atoms with Gasteiger partial charge in [0.05, 0.1) is 0 Å². The summed E-state index contributed by atoms with van der Waals surface area (Å²) < 4.78 is 2.06. The van der Waals surface area contributed by atoms with Crippen LogP contribution in [-0.4, -0.2) is 11.9 Å². The second-order valence-corrected chi connectivity index (χ2v) is 6.42. The van der Waals surface area contributed by atoms with Crippen LogP contribution in [0.3, 0.4) is 0 Å². The first-order chi connectivity index (χ1) is 9.04. The largest absolute Gasteiger partial charge is 0.398 e. The summed E-state index contributed by atoms with van der Waals surface area (Å²) in [6.45, 7) is 1.80. The third kappa shape index (κ3) is 4.34. The summed E-state index contributed by atoms with van der Waals surface area (Å²) in [5.74, 6) is 0. The van der Waals surface area contributed by atoms with Crippen LogP contribution in [-0.2, 0) is 13.1 Å². The van der Waals surface area contributed by atoms with Crippen LogP contribution in [0, 0.1) is 0 Å². The fraction of sp³-hybridized carbons (Fsp3) is 0.200. The van der Waals surface area contributed by atoms with Crippen molar-refractivity contribution < 1.29 is 0 Å². The zero-order valence-corrected chi connectivity index (χ0v) is 13.9. The average molecular weight is 384 g/mol. The first-order valence-electron chi connectivity index (χ1n) is 6.01. The van der Waals surface area contributed by atoms with Crippen molar-refractivity contribution in [1.82, 2.24) is 4.90 Å². The molecule has 0 aliphatic carbocycles. The van der Waals surface area contributed by atoms with Crippen molar-refractivity contribution >= 4 is 37.5 Å². The van der Waals surface area contributed by atoms with Gasteiger partial charge in [-0.1, -0.05) is 34.1 Å². The predicted octanol–water partition coefficient (Wildman–Crippen LogP) is 4.43. The number of hydrogen-bond acceptors (Lipinski definition) is 2. The molecule has 0 fully saturated rings. The van der Waals surface area contributed by atoms with E-state index in [1.165, 1.54) is 11.1 Å². The second-order valence-electron chi connectivity index (χ2n) is 4.65. The molecule has 0 saturated heterocycles. The Morgan fingerprint density at radius 1 is 0.947 bits per heavy atom. The van der Waals surface area contributed by atoms with Crippen molar-refractivity contribution in [2.75, 3.05) is 12.8 Å². The van der Waals surface area contributed by atoms with Gasteiger partial charge in [-0.2, -0.15) is 0 Å². The van der Waals surface area contributed by atoms with Gasteiger partial charge in [-0.3, -0.25) is 4.90 Å². The second kappa shape index (κ2) is 6.55. The van der Waals surface area contributed by atoms with E-state index in [1.807, 2.05) is 12.1 Å². The molecule has 0 aliphatic rings. The van der Waals surface area contributed by atoms with Crippen LogP contribution in [0.5, 0.6) is 0 Å². The highest BCUT2D eigenvalue weighted by Gasteiger charge is 2.04. The minimum Gasteiger partial charge on any atom is -0.398 e. The van der Waals surface area contributed by atoms with Crippen molar-refractivity contribution in [3.63, 3.8) is 0 Å². The van der Waals surface area contributed by atoms with Gasteiger partial charge in [0.25, 0.3) is 0 Å². The highest BCUT2D eigenvalue weighted by atomic mass is 79.9. The SMILES string of the molecule is CN(Cc1ccc(Br)cc1)Cc1ccc(Br)c(N)c1. The lowest BCUT2D eigenvalue weighted by Gasteiger charge is -2.17. The molecule has 19 heavy (non-hydrogen) atoms. The van der Waals surface area contributed by atoms with Gasteiger partial charge in [0.2, 0.25) is 0 Å². The van der Waals surface area contributed by atoms with E-state index in [0.29, 0.717) is 0 Å². The number of hydrogen-bond donors (Lipinski definition) is 1. The molecule has 2 N–H and O–H groups in total. The van der Waals surface area contributed by atoms with E-state index in [4.69, 9.17) is 5.73 Å². The third-order valence-electron chi connectivity index (χ3n) is 2.88. The zero-order valence-electron chi connectivity index (χ0n) is 10.7. The Morgan fingerprint density at radius 2 is 1.53 bits per heavy atom. The predicted molar refractivity (Wildman–Crippen MR) is 87.9 cm³/mol. The highest BCUT2D eigenvalue weighted by Crippen LogP contribution is 2.21. The molecule has 0 aliphatic heterocycles. The van der Waals surface area contributed by atoms with Gasteiger partial charge in [-0.05, 0) is 58.4 Å². The van der Waals surface area contributed by atoms with Gasteiger partial charge in [-0.25, -0.2) is 0 Å². The van der Waals surface area contributed by atoms with Crippen LogP contribution in [0.2, 0.25) is 0 Å². The van der Waals surface area contributed by atoms with Crippen LogP contribution < -0.4 is 5.73 Å². The standard InChI is InChI=1S/C15H16Br2N2/c1-19(9-11-2-5-13(16)6-3-11)10-12-4-7-14(17)15(18)8-12/h2-8H,9-10,18H2,1H3. The van der Waals surface area contributed by atoms with E-state index in [2.05, 4.69) is 74.1 Å². The average Bonchev–Trinajstić information content (AvgIpc) is 2.37. The molecule has 100 valence electrons. The first-order valence-corrected chi connectivity index (χ1v) is 7.60. The summed E-state index contributed by atoms with van der Waals surface area (Å²) in [6, 6.07) is 14.5. The van der Waals surface area contributed by atoms with Gasteiger partial charge in [0.1, 0.15) is 0 Å². The molecule has 0 unspecified atom stereocenters. The number of rotatable bonds is 4. The molecule has 0 radical (unpaired) electrons. The van der Waals surface area contributed by atoms with Crippen molar-refractivity contribution in [2.24, 2.45) is 0 Å². The lowest BCUT2D eigenvalue weighted by molar-refractivity contribution is 0.319. The molecule has 0 spiro atoms. The molecule has 2 aromatic rings. The van der Waals surface area contributed by atoms with Crippen molar-refractivity contribution in [3.8, 4) is 0 Å². The topological polar surface area (TPSA) is 29.3 Å². The Bertz CT molecular complexity index is 553. The molecule has 0 saturated carbocycles. The first kappa shape index (κ1) is 14.6. The van der Waals surface area contributed by atoms with Crippen LogP contribution >= 0.6 is 31.9 Å². The summed E-state index contributed by atoms with van der Waals surface area (Å²) in [6.07, 6.45) is 0. The number of nitrogens with two attached hydrogens (primary N) is 1. The normalized spacial score (nSPS) is 10.9. The molecule has 2 aromatic carbocycles. The molecule has 4 heteroatoms. The van der Waals surface area contributed by atoms with Crippen molar-refractivity contribution in [2.45, 2.75) is 13.1 Å². The Labute approximate surface area is 130 Å². The zero-order chi connectivity index (χ0) is 13.8. The number of benzene rings is 2. The quantitative estimate of drug-likeness (QED) is 0.791. The Hall–Kier alpha value is -0.840. The van der Waals surface area contributed by atoms with Crippen molar-refractivity contribution in [3.05, 3.63) is 62.5 Å². The molecule has 0 atom stereocenters. The maximum atomic E-state index is 5.89. The molecule has 2 nitrogen and oxygen atoms in total. The highest BCUT2D eigenvalue weighted by molar-refractivity contribution is 9.10. The fourth-order valence-electron chi connectivity index (χ4n) is 1.96. The molecule has 0 aromatic heterocycles. The lowest BCUT2D eigenvalue weighted by atomic mass is 10.1. The monoisotopic (exact) mass is 382 g/mol. The summed E-state index contributed by atoms with van der Waals surface area (Å²) in [5.41, 5.74) is 9.21. The summed E-state index contributed by atoms with van der Waals surface area (Å²) >= 11 is 6.86. The van der Waals surface area contributed by atoms with Gasteiger partial charge in [0.15, 0.2) is 0 Å². The molecule has 0 bridgehead atoms. The Balaban J connectivity index is 1.98. The van der Waals surface area contributed by atoms with Crippen LogP contribution in [0.15, 0.2) is 51.4 Å². The maximum Gasteiger partial charge on any atom is 0.0461 e. The molecule has 0 amide bonds. The van der Waals surface area contributed by atoms with Gasteiger partial charge >= 0.3 is 0 Å². The Kier molecular flexibility index (Phi) is 5.02. The van der Waals surface area contributed by atoms with Crippen molar-refractivity contribution in [1.29, 1.82) is 0 Å². The smallest absolute Gasteiger partial charge is 0.0461 e. The summed E-state index contributed by atoms with van der Waals surface area (Å²) in [7, 11) is 2.11. The minimum atomic E-state index is 0.787. The molecule has 2 rings (SSSR count). The van der Waals surface area contributed by atoms with Gasteiger partial charge < -0.3 is 5.73 Å². The summed E-state index contributed by atoms with van der Waals surface area (Å²) in [4.78, 5) is 2.27. The minimum absolute atomic E-state index is 0.787. The van der Waals surface area contributed by atoms with E-state index in [0.717, 1.165) is 27.7 Å². The maximum absolute atomic E-state index is 5.89.